The Morgan fingerprint density at radius 3 is 2.60 bits per heavy atom. The molecule has 5 heteroatoms. The van der Waals surface area contributed by atoms with E-state index in [1.165, 1.54) is 13.5 Å². The van der Waals surface area contributed by atoms with E-state index in [4.69, 9.17) is 4.74 Å². The number of hydrogen-bond donors (Lipinski definition) is 1. The van der Waals surface area contributed by atoms with E-state index in [9.17, 15) is 8.78 Å². The van der Waals surface area contributed by atoms with Gasteiger partial charge in [0.25, 0.3) is 0 Å². The zero-order chi connectivity index (χ0) is 14.6. The molecule has 1 aromatic rings. The molecule has 20 heavy (non-hydrogen) atoms. The van der Waals surface area contributed by atoms with Crippen molar-refractivity contribution >= 4 is 0 Å². The standard InChI is InChI=1S/C15H21F2NO2/c1-3-15(8-5-9-15)18-10-11-6-4-7-12(19-2)13(11)20-14(16)17/h4,6-7,14,18H,3,5,8-10H2,1-2H3. The van der Waals surface area contributed by atoms with Crippen LogP contribution in [0.4, 0.5) is 8.78 Å². The van der Waals surface area contributed by atoms with E-state index < -0.39 is 6.61 Å². The molecule has 0 heterocycles. The highest BCUT2D eigenvalue weighted by molar-refractivity contribution is 5.46. The van der Waals surface area contributed by atoms with Crippen LogP contribution in [-0.2, 0) is 6.54 Å². The zero-order valence-electron chi connectivity index (χ0n) is 11.9. The van der Waals surface area contributed by atoms with Crippen LogP contribution in [-0.4, -0.2) is 19.3 Å². The van der Waals surface area contributed by atoms with Crippen LogP contribution in [0.15, 0.2) is 18.2 Å². The highest BCUT2D eigenvalue weighted by Gasteiger charge is 2.34. The van der Waals surface area contributed by atoms with Gasteiger partial charge < -0.3 is 14.8 Å². The molecule has 1 aliphatic carbocycles. The summed E-state index contributed by atoms with van der Waals surface area (Å²) in [7, 11) is 1.45. The highest BCUT2D eigenvalue weighted by Crippen LogP contribution is 2.37. The summed E-state index contributed by atoms with van der Waals surface area (Å²) in [5.41, 5.74) is 0.856. The molecule has 1 aromatic carbocycles. The summed E-state index contributed by atoms with van der Waals surface area (Å²) in [5.74, 6) is 0.465. The lowest BCUT2D eigenvalue weighted by atomic mass is 9.75. The number of methoxy groups -OCH3 is 1. The molecule has 1 saturated carbocycles. The van der Waals surface area contributed by atoms with Crippen molar-refractivity contribution < 1.29 is 18.3 Å². The summed E-state index contributed by atoms with van der Waals surface area (Å²) >= 11 is 0. The third kappa shape index (κ3) is 3.20. The van der Waals surface area contributed by atoms with Crippen molar-refractivity contribution in [3.8, 4) is 11.5 Å². The molecule has 0 radical (unpaired) electrons. The van der Waals surface area contributed by atoms with Crippen molar-refractivity contribution in [1.29, 1.82) is 0 Å². The van der Waals surface area contributed by atoms with Crippen LogP contribution in [0.25, 0.3) is 0 Å². The molecule has 0 aliphatic heterocycles. The van der Waals surface area contributed by atoms with Crippen molar-refractivity contribution in [2.24, 2.45) is 0 Å². The molecule has 112 valence electrons. The fraction of sp³-hybridized carbons (Fsp3) is 0.600. The number of rotatable bonds is 7. The molecule has 3 nitrogen and oxygen atoms in total. The van der Waals surface area contributed by atoms with Crippen LogP contribution >= 0.6 is 0 Å². The average molecular weight is 285 g/mol. The quantitative estimate of drug-likeness (QED) is 0.828. The molecule has 0 saturated heterocycles. The molecular formula is C15H21F2NO2. The van der Waals surface area contributed by atoms with Gasteiger partial charge in [-0.1, -0.05) is 19.1 Å². The van der Waals surface area contributed by atoms with Crippen molar-refractivity contribution in [2.45, 2.75) is 51.3 Å². The van der Waals surface area contributed by atoms with E-state index in [2.05, 4.69) is 17.0 Å². The first kappa shape index (κ1) is 15.0. The summed E-state index contributed by atoms with van der Waals surface area (Å²) in [6.45, 7) is -0.199. The Hall–Kier alpha value is -1.36. The predicted molar refractivity (Wildman–Crippen MR) is 73.3 cm³/mol. The Morgan fingerprint density at radius 1 is 1.35 bits per heavy atom. The Kier molecular flexibility index (Phi) is 4.81. The third-order valence-corrected chi connectivity index (χ3v) is 4.13. The van der Waals surface area contributed by atoms with Crippen LogP contribution in [0.2, 0.25) is 0 Å². The van der Waals surface area contributed by atoms with Crippen molar-refractivity contribution in [1.82, 2.24) is 5.32 Å². The van der Waals surface area contributed by atoms with E-state index in [0.29, 0.717) is 17.9 Å². The number of hydrogen-bond acceptors (Lipinski definition) is 3. The lowest BCUT2D eigenvalue weighted by molar-refractivity contribution is -0.0519. The minimum atomic E-state index is -2.85. The molecule has 0 spiro atoms. The Balaban J connectivity index is 2.13. The van der Waals surface area contributed by atoms with Gasteiger partial charge in [0.1, 0.15) is 0 Å². The smallest absolute Gasteiger partial charge is 0.387 e. The Labute approximate surface area is 118 Å². The number of ether oxygens (including phenoxy) is 2. The normalized spacial score (nSPS) is 16.9. The summed E-state index contributed by atoms with van der Waals surface area (Å²) in [5, 5.41) is 3.48. The van der Waals surface area contributed by atoms with Crippen molar-refractivity contribution in [3.05, 3.63) is 23.8 Å². The SMILES string of the molecule is CCC1(NCc2cccc(OC)c2OC(F)F)CCC1. The summed E-state index contributed by atoms with van der Waals surface area (Å²) in [4.78, 5) is 0. The first-order valence-electron chi connectivity index (χ1n) is 6.96. The molecule has 0 atom stereocenters. The maximum atomic E-state index is 12.5. The average Bonchev–Trinajstić information content (AvgIpc) is 2.39. The van der Waals surface area contributed by atoms with Gasteiger partial charge in [-0.15, -0.1) is 0 Å². The first-order valence-corrected chi connectivity index (χ1v) is 6.96. The van der Waals surface area contributed by atoms with E-state index in [1.807, 2.05) is 0 Å². The molecule has 1 fully saturated rings. The maximum Gasteiger partial charge on any atom is 0.387 e. The van der Waals surface area contributed by atoms with Gasteiger partial charge in [-0.05, 0) is 31.7 Å². The monoisotopic (exact) mass is 285 g/mol. The molecule has 0 aromatic heterocycles. The Morgan fingerprint density at radius 2 is 2.10 bits per heavy atom. The minimum absolute atomic E-state index is 0.128. The minimum Gasteiger partial charge on any atom is -0.493 e. The zero-order valence-corrected chi connectivity index (χ0v) is 11.9. The second kappa shape index (κ2) is 6.39. The van der Waals surface area contributed by atoms with Crippen LogP contribution in [0.5, 0.6) is 11.5 Å². The predicted octanol–water partition coefficient (Wildman–Crippen LogP) is 3.72. The summed E-state index contributed by atoms with van der Waals surface area (Å²) in [6, 6.07) is 5.20. The summed E-state index contributed by atoms with van der Waals surface area (Å²) in [6.07, 6.45) is 4.54. The molecule has 2 rings (SSSR count). The molecule has 0 unspecified atom stereocenters. The Bertz CT molecular complexity index is 442. The molecular weight excluding hydrogens is 264 g/mol. The molecule has 1 aliphatic rings. The van der Waals surface area contributed by atoms with E-state index in [-0.39, 0.29) is 11.3 Å². The third-order valence-electron chi connectivity index (χ3n) is 4.13. The fourth-order valence-electron chi connectivity index (χ4n) is 2.63. The highest BCUT2D eigenvalue weighted by atomic mass is 19.3. The van der Waals surface area contributed by atoms with Gasteiger partial charge in [-0.25, -0.2) is 0 Å². The van der Waals surface area contributed by atoms with Gasteiger partial charge in [-0.3, -0.25) is 0 Å². The number of halogens is 2. The molecule has 0 amide bonds. The van der Waals surface area contributed by atoms with E-state index >= 15 is 0 Å². The van der Waals surface area contributed by atoms with Gasteiger partial charge in [0, 0.05) is 17.6 Å². The second-order valence-corrected chi connectivity index (χ2v) is 5.17. The first-order chi connectivity index (χ1) is 9.60. The lowest BCUT2D eigenvalue weighted by Crippen LogP contribution is -2.49. The van der Waals surface area contributed by atoms with E-state index in [0.717, 1.165) is 19.3 Å². The number of alkyl halides is 2. The van der Waals surface area contributed by atoms with Crippen LogP contribution in [0.1, 0.15) is 38.2 Å². The van der Waals surface area contributed by atoms with Gasteiger partial charge in [0.15, 0.2) is 11.5 Å². The topological polar surface area (TPSA) is 30.5 Å². The summed E-state index contributed by atoms with van der Waals surface area (Å²) < 4.78 is 34.8. The van der Waals surface area contributed by atoms with Gasteiger partial charge >= 0.3 is 6.61 Å². The van der Waals surface area contributed by atoms with Crippen LogP contribution in [0, 0.1) is 0 Å². The van der Waals surface area contributed by atoms with Crippen LogP contribution in [0.3, 0.4) is 0 Å². The maximum absolute atomic E-state index is 12.5. The number of nitrogens with one attached hydrogen (secondary N) is 1. The lowest BCUT2D eigenvalue weighted by Gasteiger charge is -2.42. The van der Waals surface area contributed by atoms with Crippen LogP contribution < -0.4 is 14.8 Å². The van der Waals surface area contributed by atoms with Crippen molar-refractivity contribution in [3.63, 3.8) is 0 Å². The molecule has 1 N–H and O–H groups in total. The van der Waals surface area contributed by atoms with Crippen molar-refractivity contribution in [2.75, 3.05) is 7.11 Å². The second-order valence-electron chi connectivity index (χ2n) is 5.17. The molecule has 0 bridgehead atoms. The van der Waals surface area contributed by atoms with E-state index in [1.54, 1.807) is 18.2 Å². The fourth-order valence-corrected chi connectivity index (χ4v) is 2.63. The number of benzene rings is 1. The van der Waals surface area contributed by atoms with Gasteiger partial charge in [-0.2, -0.15) is 8.78 Å². The number of para-hydroxylation sites is 1. The van der Waals surface area contributed by atoms with Gasteiger partial charge in [0.05, 0.1) is 7.11 Å². The largest absolute Gasteiger partial charge is 0.493 e. The van der Waals surface area contributed by atoms with Gasteiger partial charge in [0.2, 0.25) is 0 Å².